The first-order chi connectivity index (χ1) is 8.36. The molecule has 0 heterocycles. The van der Waals surface area contributed by atoms with Gasteiger partial charge in [0.1, 0.15) is 6.04 Å². The van der Waals surface area contributed by atoms with E-state index in [1.165, 1.54) is 6.92 Å². The number of primary amides is 1. The minimum absolute atomic E-state index is 0.255. The molecule has 1 fully saturated rings. The third-order valence-electron chi connectivity index (χ3n) is 3.68. The van der Waals surface area contributed by atoms with E-state index in [1.807, 2.05) is 6.92 Å². The lowest BCUT2D eigenvalue weighted by atomic mass is 9.95. The minimum Gasteiger partial charge on any atom is -0.481 e. The van der Waals surface area contributed by atoms with E-state index in [4.69, 9.17) is 10.8 Å². The molecule has 4 N–H and O–H groups in total. The lowest BCUT2D eigenvalue weighted by Crippen LogP contribution is -2.46. The number of carbonyl (C=O) groups excluding carboxylic acids is 2. The minimum atomic E-state index is -0.946. The second kappa shape index (κ2) is 5.84. The molecule has 102 valence electrons. The molecular formula is C12H20N2O4. The van der Waals surface area contributed by atoms with Gasteiger partial charge in [-0.2, -0.15) is 0 Å². The van der Waals surface area contributed by atoms with Gasteiger partial charge in [-0.05, 0) is 25.7 Å². The molecule has 0 aromatic rings. The largest absolute Gasteiger partial charge is 0.481 e. The van der Waals surface area contributed by atoms with Gasteiger partial charge in [-0.25, -0.2) is 0 Å². The Morgan fingerprint density at radius 2 is 1.89 bits per heavy atom. The third-order valence-corrected chi connectivity index (χ3v) is 3.68. The lowest BCUT2D eigenvalue weighted by molar-refractivity contribution is -0.146. The molecule has 1 aliphatic rings. The van der Waals surface area contributed by atoms with E-state index in [-0.39, 0.29) is 11.8 Å². The van der Waals surface area contributed by atoms with Crippen LogP contribution < -0.4 is 11.1 Å². The van der Waals surface area contributed by atoms with Crippen molar-refractivity contribution >= 4 is 17.8 Å². The molecule has 0 aromatic heterocycles. The van der Waals surface area contributed by atoms with Gasteiger partial charge < -0.3 is 16.2 Å². The molecule has 1 aliphatic carbocycles. The van der Waals surface area contributed by atoms with Crippen LogP contribution in [0.2, 0.25) is 0 Å². The number of nitrogens with one attached hydrogen (secondary N) is 1. The Morgan fingerprint density at radius 3 is 2.33 bits per heavy atom. The first kappa shape index (κ1) is 14.5. The van der Waals surface area contributed by atoms with E-state index in [0.717, 1.165) is 6.42 Å². The molecule has 4 unspecified atom stereocenters. The van der Waals surface area contributed by atoms with Crippen molar-refractivity contribution < 1.29 is 19.5 Å². The van der Waals surface area contributed by atoms with Crippen LogP contribution in [-0.4, -0.2) is 28.9 Å². The molecular weight excluding hydrogens is 236 g/mol. The van der Waals surface area contributed by atoms with Crippen LogP contribution in [0.1, 0.15) is 33.1 Å². The molecule has 0 bridgehead atoms. The summed E-state index contributed by atoms with van der Waals surface area (Å²) in [7, 11) is 0. The average Bonchev–Trinajstić information content (AvgIpc) is 2.72. The van der Waals surface area contributed by atoms with Crippen LogP contribution in [0.3, 0.4) is 0 Å². The van der Waals surface area contributed by atoms with Crippen molar-refractivity contribution in [2.45, 2.75) is 39.2 Å². The van der Waals surface area contributed by atoms with Crippen LogP contribution in [-0.2, 0) is 14.4 Å². The lowest BCUT2D eigenvalue weighted by Gasteiger charge is -2.17. The van der Waals surface area contributed by atoms with E-state index in [0.29, 0.717) is 12.8 Å². The quantitative estimate of drug-likeness (QED) is 0.648. The van der Waals surface area contributed by atoms with Gasteiger partial charge in [0.05, 0.1) is 11.8 Å². The number of aliphatic carboxylic acids is 1. The van der Waals surface area contributed by atoms with Crippen LogP contribution in [0, 0.1) is 17.8 Å². The number of amides is 2. The number of hydrogen-bond acceptors (Lipinski definition) is 3. The van der Waals surface area contributed by atoms with Crippen LogP contribution in [0.4, 0.5) is 0 Å². The first-order valence-electron chi connectivity index (χ1n) is 6.19. The number of carbonyl (C=O) groups is 3. The molecule has 0 aliphatic heterocycles. The molecule has 6 heteroatoms. The molecule has 18 heavy (non-hydrogen) atoms. The molecule has 1 rings (SSSR count). The Bertz CT molecular complexity index is 356. The third kappa shape index (κ3) is 3.21. The Labute approximate surface area is 106 Å². The summed E-state index contributed by atoms with van der Waals surface area (Å²) in [6, 6.07) is -0.771. The Morgan fingerprint density at radius 1 is 1.33 bits per heavy atom. The summed E-state index contributed by atoms with van der Waals surface area (Å²) in [5, 5.41) is 11.6. The smallest absolute Gasteiger partial charge is 0.307 e. The fraction of sp³-hybridized carbons (Fsp3) is 0.750. The maximum Gasteiger partial charge on any atom is 0.307 e. The summed E-state index contributed by atoms with van der Waals surface area (Å²) in [6.07, 6.45) is 1.94. The van der Waals surface area contributed by atoms with Crippen molar-refractivity contribution in [3.8, 4) is 0 Å². The van der Waals surface area contributed by atoms with Gasteiger partial charge in [0.2, 0.25) is 11.8 Å². The molecule has 0 aromatic carbocycles. The van der Waals surface area contributed by atoms with Gasteiger partial charge in [0.15, 0.2) is 0 Å². The number of rotatable bonds is 5. The monoisotopic (exact) mass is 256 g/mol. The van der Waals surface area contributed by atoms with Crippen molar-refractivity contribution in [3.05, 3.63) is 0 Å². The predicted octanol–water partition coefficient (Wildman–Crippen LogP) is 0.113. The Kier molecular flexibility index (Phi) is 4.69. The van der Waals surface area contributed by atoms with Crippen molar-refractivity contribution in [1.82, 2.24) is 5.32 Å². The highest BCUT2D eigenvalue weighted by atomic mass is 16.4. The van der Waals surface area contributed by atoms with Gasteiger partial charge in [-0.1, -0.05) is 13.3 Å². The van der Waals surface area contributed by atoms with Gasteiger partial charge in [0, 0.05) is 0 Å². The van der Waals surface area contributed by atoms with Gasteiger partial charge in [-0.15, -0.1) is 0 Å². The van der Waals surface area contributed by atoms with Crippen LogP contribution in [0.25, 0.3) is 0 Å². The predicted molar refractivity (Wildman–Crippen MR) is 64.4 cm³/mol. The fourth-order valence-corrected chi connectivity index (χ4v) is 2.43. The van der Waals surface area contributed by atoms with Crippen LogP contribution in [0.15, 0.2) is 0 Å². The van der Waals surface area contributed by atoms with Crippen molar-refractivity contribution in [2.24, 2.45) is 23.5 Å². The van der Waals surface area contributed by atoms with E-state index in [9.17, 15) is 14.4 Å². The van der Waals surface area contributed by atoms with E-state index in [1.54, 1.807) is 0 Å². The topological polar surface area (TPSA) is 109 Å². The highest BCUT2D eigenvalue weighted by Gasteiger charge is 2.42. The standard InChI is InChI=1S/C12H20N2O4/c1-3-7-4-8(9(5-7)12(17)18)11(16)14-6(2)10(13)15/h6-9H,3-5H2,1-2H3,(H2,13,15)(H,14,16)(H,17,18). The number of hydrogen-bond donors (Lipinski definition) is 3. The van der Waals surface area contributed by atoms with Gasteiger partial charge >= 0.3 is 5.97 Å². The number of carboxylic acid groups (broad SMARTS) is 1. The van der Waals surface area contributed by atoms with Crippen LogP contribution >= 0.6 is 0 Å². The summed E-state index contributed by atoms with van der Waals surface area (Å²) < 4.78 is 0. The summed E-state index contributed by atoms with van der Waals surface area (Å²) in [5.41, 5.74) is 5.06. The normalized spacial score (nSPS) is 28.7. The van der Waals surface area contributed by atoms with Crippen molar-refractivity contribution in [3.63, 3.8) is 0 Å². The molecule has 0 spiro atoms. The maximum atomic E-state index is 12.0. The molecule has 6 nitrogen and oxygen atoms in total. The highest BCUT2D eigenvalue weighted by Crippen LogP contribution is 2.38. The van der Waals surface area contributed by atoms with Crippen molar-refractivity contribution in [2.75, 3.05) is 0 Å². The molecule has 1 saturated carbocycles. The maximum absolute atomic E-state index is 12.0. The molecule has 4 atom stereocenters. The van der Waals surface area contributed by atoms with Crippen LogP contribution in [0.5, 0.6) is 0 Å². The second-order valence-corrected chi connectivity index (χ2v) is 4.93. The number of carboxylic acids is 1. The zero-order chi connectivity index (χ0) is 13.9. The molecule has 0 saturated heterocycles. The molecule has 2 amide bonds. The summed E-state index contributed by atoms with van der Waals surface area (Å²) in [5.74, 6) is -2.92. The SMILES string of the molecule is CCC1CC(C(=O)O)C(C(=O)NC(C)C(N)=O)C1. The first-order valence-corrected chi connectivity index (χ1v) is 6.19. The van der Waals surface area contributed by atoms with E-state index in [2.05, 4.69) is 5.32 Å². The summed E-state index contributed by atoms with van der Waals surface area (Å²) in [4.78, 5) is 34.0. The zero-order valence-corrected chi connectivity index (χ0v) is 10.7. The molecule has 0 radical (unpaired) electrons. The summed E-state index contributed by atoms with van der Waals surface area (Å²) in [6.45, 7) is 3.47. The van der Waals surface area contributed by atoms with E-state index < -0.39 is 29.8 Å². The van der Waals surface area contributed by atoms with E-state index >= 15 is 0 Å². The highest BCUT2D eigenvalue weighted by molar-refractivity contribution is 5.89. The second-order valence-electron chi connectivity index (χ2n) is 4.93. The van der Waals surface area contributed by atoms with Gasteiger partial charge in [0.25, 0.3) is 0 Å². The Hall–Kier alpha value is -1.59. The number of nitrogens with two attached hydrogens (primary N) is 1. The average molecular weight is 256 g/mol. The van der Waals surface area contributed by atoms with Gasteiger partial charge in [-0.3, -0.25) is 14.4 Å². The summed E-state index contributed by atoms with van der Waals surface area (Å²) >= 11 is 0. The zero-order valence-electron chi connectivity index (χ0n) is 10.7. The van der Waals surface area contributed by atoms with Crippen molar-refractivity contribution in [1.29, 1.82) is 0 Å². The Balaban J connectivity index is 2.70. The fourth-order valence-electron chi connectivity index (χ4n) is 2.43.